The fraction of sp³-hybridized carbons (Fsp3) is 0.545. The van der Waals surface area contributed by atoms with Crippen LogP contribution in [0.1, 0.15) is 5.56 Å². The van der Waals surface area contributed by atoms with Gasteiger partial charge in [-0.1, -0.05) is 0 Å². The number of aromatic amines is 1. The standard InChI is InChI=1S/C11H12BN4O5/c1-5-2-16(8(19)15-7(5)18)11-9(4-13,12-11)10(14,20)6(3-17)21-11/h2,6,17,20H,3,14H2,1H3,(H,15,18,19)/t6-,9?,10-,11+/m1/s1. The van der Waals surface area contributed by atoms with Gasteiger partial charge < -0.3 is 20.7 Å². The number of ether oxygens (including phenoxy) is 1. The smallest absolute Gasteiger partial charge is 0.330 e. The number of hydrogen-bond acceptors (Lipinski definition) is 7. The first-order valence-corrected chi connectivity index (χ1v) is 6.17. The van der Waals surface area contributed by atoms with Crippen LogP contribution in [-0.2, 0) is 10.4 Å². The number of hydrogen-bond donors (Lipinski definition) is 4. The molecule has 0 amide bonds. The summed E-state index contributed by atoms with van der Waals surface area (Å²) in [4.78, 5) is 25.5. The summed E-state index contributed by atoms with van der Waals surface area (Å²) in [6.45, 7) is 0.859. The average molecular weight is 291 g/mol. The van der Waals surface area contributed by atoms with E-state index in [9.17, 15) is 25.1 Å². The van der Waals surface area contributed by atoms with Crippen LogP contribution in [0.5, 0.6) is 0 Å². The number of aliphatic hydroxyl groups excluding tert-OH is 1. The highest BCUT2D eigenvalue weighted by Crippen LogP contribution is 2.71. The van der Waals surface area contributed by atoms with Crippen molar-refractivity contribution in [2.75, 3.05) is 6.61 Å². The number of aryl methyl sites for hydroxylation is 1. The van der Waals surface area contributed by atoms with Gasteiger partial charge in [0.2, 0.25) is 7.28 Å². The molecule has 1 radical (unpaired) electrons. The molecule has 9 nitrogen and oxygen atoms in total. The Morgan fingerprint density at radius 1 is 1.67 bits per heavy atom. The number of fused-ring (bicyclic) bond motifs is 1. The van der Waals surface area contributed by atoms with Gasteiger partial charge in [-0.2, -0.15) is 5.26 Å². The Hall–Kier alpha value is -1.93. The summed E-state index contributed by atoms with van der Waals surface area (Å²) in [5, 5.41) is 27.3. The lowest BCUT2D eigenvalue weighted by Gasteiger charge is -2.28. The van der Waals surface area contributed by atoms with Gasteiger partial charge >= 0.3 is 5.69 Å². The molecule has 0 bridgehead atoms. The molecular weight excluding hydrogens is 279 g/mol. The van der Waals surface area contributed by atoms with Gasteiger partial charge in [0.05, 0.1) is 12.7 Å². The van der Waals surface area contributed by atoms with Gasteiger partial charge in [-0.15, -0.1) is 0 Å². The Morgan fingerprint density at radius 2 is 2.33 bits per heavy atom. The van der Waals surface area contributed by atoms with E-state index in [0.29, 0.717) is 0 Å². The van der Waals surface area contributed by atoms with E-state index < -0.39 is 40.6 Å². The van der Waals surface area contributed by atoms with Gasteiger partial charge in [-0.25, -0.2) is 4.79 Å². The zero-order valence-corrected chi connectivity index (χ0v) is 11.0. The van der Waals surface area contributed by atoms with Crippen molar-refractivity contribution in [1.29, 1.82) is 5.26 Å². The highest BCUT2D eigenvalue weighted by molar-refractivity contribution is 6.60. The number of nitrogens with one attached hydrogen (secondary N) is 1. The molecule has 1 aromatic heterocycles. The topological polar surface area (TPSA) is 154 Å². The van der Waals surface area contributed by atoms with Crippen molar-refractivity contribution in [3.8, 4) is 6.07 Å². The zero-order valence-electron chi connectivity index (χ0n) is 11.0. The van der Waals surface area contributed by atoms with Crippen molar-refractivity contribution in [3.63, 3.8) is 0 Å². The Bertz CT molecular complexity index is 780. The van der Waals surface area contributed by atoms with Crippen LogP contribution in [0.3, 0.4) is 0 Å². The molecule has 0 aliphatic carbocycles. The molecule has 2 aliphatic heterocycles. The Balaban J connectivity index is 2.22. The number of H-pyrrole nitrogens is 1. The highest BCUT2D eigenvalue weighted by atomic mass is 16.6. The monoisotopic (exact) mass is 291 g/mol. The van der Waals surface area contributed by atoms with Crippen molar-refractivity contribution in [2.24, 2.45) is 5.73 Å². The SMILES string of the molecule is Cc1cn([C@@]23[B]C2(C#N)[C@](N)(O)[C@@H](CO)O3)c(=O)[nH]c1=O. The third-order valence-corrected chi connectivity index (χ3v) is 4.16. The molecule has 2 fully saturated rings. The fourth-order valence-electron chi connectivity index (χ4n) is 2.86. The number of nitriles is 1. The second kappa shape index (κ2) is 3.83. The molecule has 2 aliphatic rings. The van der Waals surface area contributed by atoms with E-state index in [-0.39, 0.29) is 5.56 Å². The van der Waals surface area contributed by atoms with Crippen molar-refractivity contribution in [2.45, 2.75) is 29.7 Å². The van der Waals surface area contributed by atoms with Crippen LogP contribution in [0.2, 0.25) is 5.31 Å². The highest BCUT2D eigenvalue weighted by Gasteiger charge is 2.87. The summed E-state index contributed by atoms with van der Waals surface area (Å²) in [6, 6.07) is 1.85. The summed E-state index contributed by atoms with van der Waals surface area (Å²) >= 11 is 0. The van der Waals surface area contributed by atoms with Crippen LogP contribution in [0.4, 0.5) is 0 Å². The third-order valence-electron chi connectivity index (χ3n) is 4.16. The molecule has 4 atom stereocenters. The molecule has 0 aromatic carbocycles. The average Bonchev–Trinajstić information content (AvgIpc) is 3.06. The minimum absolute atomic E-state index is 0.229. The Morgan fingerprint density at radius 3 is 2.90 bits per heavy atom. The van der Waals surface area contributed by atoms with Crippen LogP contribution in [0.15, 0.2) is 15.8 Å². The predicted molar refractivity (Wildman–Crippen MR) is 69.2 cm³/mol. The number of nitrogens with two attached hydrogens (primary N) is 1. The van der Waals surface area contributed by atoms with Gasteiger partial charge in [-0.3, -0.25) is 14.3 Å². The lowest BCUT2D eigenvalue weighted by Crippen LogP contribution is -2.54. The summed E-state index contributed by atoms with van der Waals surface area (Å²) in [6.07, 6.45) is -0.00616. The normalized spacial score (nSPS) is 40.2. The van der Waals surface area contributed by atoms with Gasteiger partial charge in [0.25, 0.3) is 5.56 Å². The van der Waals surface area contributed by atoms with Crippen LogP contribution in [0, 0.1) is 18.3 Å². The number of aromatic nitrogens is 2. The van der Waals surface area contributed by atoms with Gasteiger partial charge in [0, 0.05) is 11.8 Å². The molecule has 3 heterocycles. The summed E-state index contributed by atoms with van der Waals surface area (Å²) in [5.74, 6) is 0. The number of nitrogens with zero attached hydrogens (tertiary/aromatic N) is 2. The minimum atomic E-state index is -2.15. The van der Waals surface area contributed by atoms with Crippen LogP contribution in [0.25, 0.3) is 0 Å². The second-order valence-electron chi connectivity index (χ2n) is 5.32. The summed E-state index contributed by atoms with van der Waals surface area (Å²) in [7, 11) is 1.28. The lowest BCUT2D eigenvalue weighted by molar-refractivity contribution is -0.0966. The minimum Gasteiger partial charge on any atom is -0.393 e. The zero-order chi connectivity index (χ0) is 15.6. The van der Waals surface area contributed by atoms with E-state index >= 15 is 0 Å². The first kappa shape index (κ1) is 14.0. The van der Waals surface area contributed by atoms with Crippen LogP contribution < -0.4 is 17.0 Å². The lowest BCUT2D eigenvalue weighted by atomic mass is 9.77. The molecule has 21 heavy (non-hydrogen) atoms. The van der Waals surface area contributed by atoms with E-state index in [1.54, 1.807) is 0 Å². The molecule has 0 saturated carbocycles. The maximum Gasteiger partial charge on any atom is 0.330 e. The molecular formula is C11H12BN4O5. The maximum absolute atomic E-state index is 12.0. The molecule has 1 aromatic rings. The molecule has 2 saturated heterocycles. The van der Waals surface area contributed by atoms with E-state index in [1.165, 1.54) is 20.4 Å². The largest absolute Gasteiger partial charge is 0.393 e. The van der Waals surface area contributed by atoms with Crippen LogP contribution in [-0.4, -0.2) is 45.5 Å². The molecule has 0 spiro atoms. The van der Waals surface area contributed by atoms with E-state index in [2.05, 4.69) is 4.98 Å². The Kier molecular flexibility index (Phi) is 2.56. The molecule has 5 N–H and O–H groups in total. The first-order chi connectivity index (χ1) is 9.75. The molecule has 3 rings (SSSR count). The van der Waals surface area contributed by atoms with Crippen molar-refractivity contribution in [3.05, 3.63) is 32.6 Å². The quantitative estimate of drug-likeness (QED) is 0.332. The van der Waals surface area contributed by atoms with Gasteiger partial charge in [0.15, 0.2) is 5.72 Å². The van der Waals surface area contributed by atoms with Crippen molar-refractivity contribution in [1.82, 2.24) is 9.55 Å². The summed E-state index contributed by atoms with van der Waals surface area (Å²) in [5.41, 5.74) is 0.846. The number of aliphatic hydroxyl groups is 2. The molecule has 1 unspecified atom stereocenters. The van der Waals surface area contributed by atoms with Gasteiger partial charge in [-0.05, 0) is 6.92 Å². The predicted octanol–water partition coefficient (Wildman–Crippen LogP) is -3.11. The van der Waals surface area contributed by atoms with Crippen LogP contribution >= 0.6 is 0 Å². The maximum atomic E-state index is 12.0. The summed E-state index contributed by atoms with van der Waals surface area (Å²) < 4.78 is 6.48. The fourth-order valence-corrected chi connectivity index (χ4v) is 2.86. The first-order valence-electron chi connectivity index (χ1n) is 6.17. The van der Waals surface area contributed by atoms with E-state index in [4.69, 9.17) is 10.5 Å². The van der Waals surface area contributed by atoms with Crippen molar-refractivity contribution >= 4 is 7.28 Å². The molecule has 10 heteroatoms. The molecule has 109 valence electrons. The number of rotatable bonds is 2. The van der Waals surface area contributed by atoms with E-state index in [1.807, 2.05) is 6.07 Å². The Labute approximate surface area is 118 Å². The van der Waals surface area contributed by atoms with E-state index in [0.717, 1.165) is 4.57 Å². The third kappa shape index (κ3) is 1.38. The van der Waals surface area contributed by atoms with Crippen molar-refractivity contribution < 1.29 is 14.9 Å². The second-order valence-corrected chi connectivity index (χ2v) is 5.32. The van der Waals surface area contributed by atoms with Gasteiger partial charge in [0.1, 0.15) is 17.0 Å².